The molecule has 0 bridgehead atoms. The lowest BCUT2D eigenvalue weighted by molar-refractivity contribution is -0.147. The summed E-state index contributed by atoms with van der Waals surface area (Å²) < 4.78 is 26.0. The first-order chi connectivity index (χ1) is 9.79. The molecule has 1 aromatic rings. The summed E-state index contributed by atoms with van der Waals surface area (Å²) in [4.78, 5) is 32.7. The number of halogens is 2. The smallest absolute Gasteiger partial charge is 0.326 e. The minimum Gasteiger partial charge on any atom is -0.481 e. The van der Waals surface area contributed by atoms with Crippen LogP contribution in [-0.4, -0.2) is 39.9 Å². The molecule has 1 rings (SSSR count). The van der Waals surface area contributed by atoms with E-state index in [0.717, 1.165) is 23.9 Å². The van der Waals surface area contributed by atoms with Crippen LogP contribution in [0.1, 0.15) is 6.42 Å². The number of amides is 1. The lowest BCUT2D eigenvalue weighted by Crippen LogP contribution is -2.43. The molecule has 0 fully saturated rings. The van der Waals surface area contributed by atoms with Crippen LogP contribution in [0.2, 0.25) is 0 Å². The van der Waals surface area contributed by atoms with E-state index >= 15 is 0 Å². The molecule has 0 radical (unpaired) electrons. The Kier molecular flexibility index (Phi) is 6.10. The SMILES string of the molecule is O=C(O)CC(NC(=O)CSc1ccc(F)cc1F)C(=O)O. The molecule has 21 heavy (non-hydrogen) atoms. The van der Waals surface area contributed by atoms with Gasteiger partial charge >= 0.3 is 11.9 Å². The van der Waals surface area contributed by atoms with Gasteiger partial charge in [0.15, 0.2) is 0 Å². The Balaban J connectivity index is 2.56. The van der Waals surface area contributed by atoms with Crippen molar-refractivity contribution >= 4 is 29.6 Å². The van der Waals surface area contributed by atoms with Crippen LogP contribution in [0.3, 0.4) is 0 Å². The number of carboxylic acid groups (broad SMARTS) is 2. The molecule has 0 aliphatic rings. The zero-order valence-corrected chi connectivity index (χ0v) is 11.3. The lowest BCUT2D eigenvalue weighted by Gasteiger charge is -2.12. The molecule has 0 aliphatic heterocycles. The average molecular weight is 319 g/mol. The van der Waals surface area contributed by atoms with E-state index in [9.17, 15) is 23.2 Å². The number of carbonyl (C=O) groups excluding carboxylic acids is 1. The van der Waals surface area contributed by atoms with Gasteiger partial charge in [0, 0.05) is 11.0 Å². The van der Waals surface area contributed by atoms with Crippen LogP contribution in [0, 0.1) is 11.6 Å². The number of hydrogen-bond donors (Lipinski definition) is 3. The third kappa shape index (κ3) is 5.78. The Morgan fingerprint density at radius 2 is 1.90 bits per heavy atom. The Bertz CT molecular complexity index is 567. The Labute approximate surface area is 122 Å². The molecular formula is C12H11F2NO5S. The van der Waals surface area contributed by atoms with Gasteiger partial charge in [-0.25, -0.2) is 13.6 Å². The van der Waals surface area contributed by atoms with E-state index in [1.54, 1.807) is 0 Å². The van der Waals surface area contributed by atoms with Crippen molar-refractivity contribution in [2.24, 2.45) is 0 Å². The highest BCUT2D eigenvalue weighted by atomic mass is 32.2. The molecule has 1 amide bonds. The van der Waals surface area contributed by atoms with Crippen LogP contribution in [0.4, 0.5) is 8.78 Å². The van der Waals surface area contributed by atoms with Gasteiger partial charge in [0.2, 0.25) is 5.91 Å². The highest BCUT2D eigenvalue weighted by Crippen LogP contribution is 2.22. The zero-order chi connectivity index (χ0) is 16.0. The molecule has 6 nitrogen and oxygen atoms in total. The van der Waals surface area contributed by atoms with E-state index in [4.69, 9.17) is 10.2 Å². The van der Waals surface area contributed by atoms with E-state index in [-0.39, 0.29) is 10.6 Å². The number of rotatable bonds is 7. The minimum atomic E-state index is -1.56. The number of aliphatic carboxylic acids is 2. The van der Waals surface area contributed by atoms with E-state index in [2.05, 4.69) is 0 Å². The first-order valence-electron chi connectivity index (χ1n) is 5.61. The maximum atomic E-state index is 13.3. The van der Waals surface area contributed by atoms with Crippen molar-refractivity contribution in [1.29, 1.82) is 0 Å². The molecule has 0 aliphatic carbocycles. The van der Waals surface area contributed by atoms with Crippen LogP contribution in [0.15, 0.2) is 23.1 Å². The van der Waals surface area contributed by atoms with E-state index in [0.29, 0.717) is 6.07 Å². The van der Waals surface area contributed by atoms with Gasteiger partial charge in [-0.05, 0) is 12.1 Å². The van der Waals surface area contributed by atoms with Crippen molar-refractivity contribution in [1.82, 2.24) is 5.32 Å². The van der Waals surface area contributed by atoms with Crippen LogP contribution in [0.5, 0.6) is 0 Å². The fourth-order valence-electron chi connectivity index (χ4n) is 1.35. The second-order valence-electron chi connectivity index (χ2n) is 3.92. The van der Waals surface area contributed by atoms with Gasteiger partial charge < -0.3 is 15.5 Å². The quantitative estimate of drug-likeness (QED) is 0.650. The summed E-state index contributed by atoms with van der Waals surface area (Å²) in [5.74, 6) is -5.55. The number of hydrogen-bond acceptors (Lipinski definition) is 4. The summed E-state index contributed by atoms with van der Waals surface area (Å²) in [6, 6.07) is 1.27. The molecule has 114 valence electrons. The van der Waals surface area contributed by atoms with Crippen molar-refractivity contribution in [3.8, 4) is 0 Å². The molecule has 0 saturated heterocycles. The van der Waals surface area contributed by atoms with Gasteiger partial charge in [-0.15, -0.1) is 11.8 Å². The van der Waals surface area contributed by atoms with Crippen LogP contribution >= 0.6 is 11.8 Å². The van der Waals surface area contributed by atoms with E-state index < -0.39 is 41.9 Å². The minimum absolute atomic E-state index is 0.0247. The molecule has 1 aromatic carbocycles. The van der Waals surface area contributed by atoms with Gasteiger partial charge in [0.05, 0.1) is 12.2 Å². The Morgan fingerprint density at radius 3 is 2.43 bits per heavy atom. The first kappa shape index (κ1) is 16.9. The molecule has 0 saturated carbocycles. The van der Waals surface area contributed by atoms with E-state index in [1.165, 1.54) is 0 Å². The number of carboxylic acids is 2. The fraction of sp³-hybridized carbons (Fsp3) is 0.250. The van der Waals surface area contributed by atoms with Crippen molar-refractivity contribution in [3.63, 3.8) is 0 Å². The van der Waals surface area contributed by atoms with Crippen molar-refractivity contribution in [2.45, 2.75) is 17.4 Å². The maximum absolute atomic E-state index is 13.3. The highest BCUT2D eigenvalue weighted by Gasteiger charge is 2.23. The van der Waals surface area contributed by atoms with Crippen LogP contribution < -0.4 is 5.32 Å². The monoisotopic (exact) mass is 319 g/mol. The summed E-state index contributed by atoms with van der Waals surface area (Å²) in [5.41, 5.74) is 0. The predicted octanol–water partition coefficient (Wildman–Crippen LogP) is 1.10. The maximum Gasteiger partial charge on any atom is 0.326 e. The standard InChI is InChI=1S/C12H11F2NO5S/c13-6-1-2-9(7(14)3-6)21-5-10(16)15-8(12(19)20)4-11(17)18/h1-3,8H,4-5H2,(H,15,16)(H,17,18)(H,19,20). The molecular weight excluding hydrogens is 308 g/mol. The lowest BCUT2D eigenvalue weighted by atomic mass is 10.2. The van der Waals surface area contributed by atoms with E-state index in [1.807, 2.05) is 5.32 Å². The molecule has 1 atom stereocenters. The van der Waals surface area contributed by atoms with Gasteiger partial charge in [-0.2, -0.15) is 0 Å². The topological polar surface area (TPSA) is 104 Å². The van der Waals surface area contributed by atoms with Gasteiger partial charge in [0.1, 0.15) is 17.7 Å². The fourth-order valence-corrected chi connectivity index (χ4v) is 2.08. The second-order valence-corrected chi connectivity index (χ2v) is 4.94. The molecule has 3 N–H and O–H groups in total. The number of nitrogens with one attached hydrogen (secondary N) is 1. The summed E-state index contributed by atoms with van der Waals surface area (Å²) in [7, 11) is 0. The highest BCUT2D eigenvalue weighted by molar-refractivity contribution is 8.00. The van der Waals surface area contributed by atoms with Crippen LogP contribution in [0.25, 0.3) is 0 Å². The third-order valence-corrected chi connectivity index (χ3v) is 3.31. The average Bonchev–Trinajstić information content (AvgIpc) is 2.36. The first-order valence-corrected chi connectivity index (χ1v) is 6.60. The van der Waals surface area contributed by atoms with Crippen molar-refractivity contribution in [3.05, 3.63) is 29.8 Å². The summed E-state index contributed by atoms with van der Waals surface area (Å²) in [5, 5.41) is 19.3. The summed E-state index contributed by atoms with van der Waals surface area (Å²) in [6.07, 6.45) is -0.767. The van der Waals surface area contributed by atoms with Crippen LogP contribution in [-0.2, 0) is 14.4 Å². The van der Waals surface area contributed by atoms with Gasteiger partial charge in [0.25, 0.3) is 0 Å². The second kappa shape index (κ2) is 7.58. The summed E-state index contributed by atoms with van der Waals surface area (Å²) in [6.45, 7) is 0. The zero-order valence-electron chi connectivity index (χ0n) is 10.5. The summed E-state index contributed by atoms with van der Waals surface area (Å²) >= 11 is 0.742. The Hall–Kier alpha value is -2.16. The van der Waals surface area contributed by atoms with Gasteiger partial charge in [-0.1, -0.05) is 0 Å². The molecule has 9 heteroatoms. The third-order valence-electron chi connectivity index (χ3n) is 2.26. The largest absolute Gasteiger partial charge is 0.481 e. The number of benzene rings is 1. The van der Waals surface area contributed by atoms with Crippen molar-refractivity contribution in [2.75, 3.05) is 5.75 Å². The molecule has 0 heterocycles. The molecule has 0 spiro atoms. The number of carbonyl (C=O) groups is 3. The van der Waals surface area contributed by atoms with Gasteiger partial charge in [-0.3, -0.25) is 9.59 Å². The molecule has 0 aromatic heterocycles. The Morgan fingerprint density at radius 1 is 1.24 bits per heavy atom. The number of thioether (sulfide) groups is 1. The van der Waals surface area contributed by atoms with Crippen molar-refractivity contribution < 1.29 is 33.4 Å². The normalized spacial score (nSPS) is 11.7. The molecule has 1 unspecified atom stereocenters. The predicted molar refractivity (Wildman–Crippen MR) is 68.9 cm³/mol.